The monoisotopic (exact) mass is 313 g/mol. The third-order valence-corrected chi connectivity index (χ3v) is 3.74. The first-order chi connectivity index (χ1) is 9.16. The molecular weight excluding hydrogens is 302 g/mol. The van der Waals surface area contributed by atoms with Gasteiger partial charge in [-0.3, -0.25) is 4.79 Å². The normalized spacial score (nSPS) is 16.0. The quantitative estimate of drug-likeness (QED) is 0.730. The Morgan fingerprint density at radius 3 is 2.68 bits per heavy atom. The highest BCUT2D eigenvalue weighted by Gasteiger charge is 2.28. The molecule has 0 saturated carbocycles. The molecule has 0 N–H and O–H groups in total. The SMILES string of the molecule is CN1C(=O)/C(=C\c2cccc(Br)c2)c2ccccc21. The van der Waals surface area contributed by atoms with Crippen molar-refractivity contribution in [3.63, 3.8) is 0 Å². The fraction of sp³-hybridized carbons (Fsp3) is 0.0625. The van der Waals surface area contributed by atoms with E-state index in [1.165, 1.54) is 0 Å². The lowest BCUT2D eigenvalue weighted by Gasteiger charge is -2.07. The van der Waals surface area contributed by atoms with Crippen LogP contribution in [0.5, 0.6) is 0 Å². The van der Waals surface area contributed by atoms with Crippen LogP contribution in [-0.4, -0.2) is 13.0 Å². The van der Waals surface area contributed by atoms with Crippen molar-refractivity contribution in [3.05, 3.63) is 64.1 Å². The van der Waals surface area contributed by atoms with Crippen molar-refractivity contribution < 1.29 is 4.79 Å². The molecule has 1 heterocycles. The Kier molecular flexibility index (Phi) is 2.99. The zero-order valence-electron chi connectivity index (χ0n) is 10.4. The van der Waals surface area contributed by atoms with Gasteiger partial charge in [-0.15, -0.1) is 0 Å². The van der Waals surface area contributed by atoms with E-state index in [1.54, 1.807) is 4.90 Å². The molecule has 94 valence electrons. The van der Waals surface area contributed by atoms with E-state index < -0.39 is 0 Å². The Balaban J connectivity index is 2.13. The van der Waals surface area contributed by atoms with Crippen LogP contribution in [-0.2, 0) is 4.79 Å². The zero-order chi connectivity index (χ0) is 13.4. The Morgan fingerprint density at radius 1 is 1.11 bits per heavy atom. The third-order valence-electron chi connectivity index (χ3n) is 3.25. The van der Waals surface area contributed by atoms with Crippen LogP contribution in [0.3, 0.4) is 0 Å². The summed E-state index contributed by atoms with van der Waals surface area (Å²) in [7, 11) is 1.81. The minimum absolute atomic E-state index is 0.0428. The van der Waals surface area contributed by atoms with E-state index >= 15 is 0 Å². The van der Waals surface area contributed by atoms with Crippen LogP contribution >= 0.6 is 15.9 Å². The average Bonchev–Trinajstić information content (AvgIpc) is 2.65. The van der Waals surface area contributed by atoms with E-state index in [2.05, 4.69) is 15.9 Å². The van der Waals surface area contributed by atoms with E-state index in [1.807, 2.05) is 61.7 Å². The summed E-state index contributed by atoms with van der Waals surface area (Å²) in [5, 5.41) is 0. The van der Waals surface area contributed by atoms with Gasteiger partial charge in [-0.25, -0.2) is 0 Å². The maximum Gasteiger partial charge on any atom is 0.258 e. The molecule has 0 fully saturated rings. The van der Waals surface area contributed by atoms with Gasteiger partial charge < -0.3 is 4.90 Å². The molecule has 0 bridgehead atoms. The van der Waals surface area contributed by atoms with E-state index in [9.17, 15) is 4.79 Å². The molecule has 0 aliphatic carbocycles. The van der Waals surface area contributed by atoms with E-state index in [-0.39, 0.29) is 5.91 Å². The number of carbonyl (C=O) groups excluding carboxylic acids is 1. The molecule has 1 amide bonds. The van der Waals surface area contributed by atoms with Crippen LogP contribution in [0.4, 0.5) is 5.69 Å². The smallest absolute Gasteiger partial charge is 0.258 e. The second-order valence-electron chi connectivity index (χ2n) is 4.49. The summed E-state index contributed by atoms with van der Waals surface area (Å²) < 4.78 is 1.01. The number of anilines is 1. The van der Waals surface area contributed by atoms with Gasteiger partial charge in [-0.2, -0.15) is 0 Å². The summed E-state index contributed by atoms with van der Waals surface area (Å²) in [6.07, 6.45) is 1.94. The molecule has 0 aromatic heterocycles. The summed E-state index contributed by atoms with van der Waals surface area (Å²) in [6, 6.07) is 15.8. The highest BCUT2D eigenvalue weighted by molar-refractivity contribution is 9.10. The number of likely N-dealkylation sites (N-methyl/N-ethyl adjacent to an activating group) is 1. The Morgan fingerprint density at radius 2 is 1.89 bits per heavy atom. The molecule has 2 aromatic rings. The number of rotatable bonds is 1. The number of fused-ring (bicyclic) bond motifs is 1. The van der Waals surface area contributed by atoms with Gasteiger partial charge in [0.05, 0.1) is 5.69 Å². The Hall–Kier alpha value is -1.87. The van der Waals surface area contributed by atoms with Gasteiger partial charge in [0.1, 0.15) is 0 Å². The van der Waals surface area contributed by atoms with Crippen LogP contribution in [0.2, 0.25) is 0 Å². The van der Waals surface area contributed by atoms with Crippen LogP contribution in [0, 0.1) is 0 Å². The highest BCUT2D eigenvalue weighted by Crippen LogP contribution is 2.36. The van der Waals surface area contributed by atoms with Crippen molar-refractivity contribution in [1.82, 2.24) is 0 Å². The lowest BCUT2D eigenvalue weighted by molar-refractivity contribution is -0.112. The number of hydrogen-bond donors (Lipinski definition) is 0. The predicted octanol–water partition coefficient (Wildman–Crippen LogP) is 3.97. The second kappa shape index (κ2) is 4.67. The van der Waals surface area contributed by atoms with E-state index in [4.69, 9.17) is 0 Å². The number of carbonyl (C=O) groups is 1. The highest BCUT2D eigenvalue weighted by atomic mass is 79.9. The molecule has 0 radical (unpaired) electrons. The molecule has 2 aromatic carbocycles. The maximum absolute atomic E-state index is 12.3. The van der Waals surface area contributed by atoms with Gasteiger partial charge in [0.15, 0.2) is 0 Å². The van der Waals surface area contributed by atoms with Crippen LogP contribution in [0.25, 0.3) is 11.6 Å². The number of nitrogens with zero attached hydrogens (tertiary/aromatic N) is 1. The fourth-order valence-corrected chi connectivity index (χ4v) is 2.72. The molecular formula is C16H12BrNO. The minimum atomic E-state index is 0.0428. The molecule has 1 aliphatic heterocycles. The molecule has 0 spiro atoms. The lowest BCUT2D eigenvalue weighted by atomic mass is 10.0. The van der Waals surface area contributed by atoms with Crippen LogP contribution < -0.4 is 4.90 Å². The van der Waals surface area contributed by atoms with Gasteiger partial charge in [-0.1, -0.05) is 46.3 Å². The first kappa shape index (κ1) is 12.2. The average molecular weight is 314 g/mol. The largest absolute Gasteiger partial charge is 0.311 e. The maximum atomic E-state index is 12.3. The third kappa shape index (κ3) is 2.10. The number of halogens is 1. The molecule has 0 unspecified atom stereocenters. The molecule has 2 nitrogen and oxygen atoms in total. The van der Waals surface area contributed by atoms with Gasteiger partial charge in [0, 0.05) is 22.7 Å². The topological polar surface area (TPSA) is 20.3 Å². The first-order valence-electron chi connectivity index (χ1n) is 6.01. The Labute approximate surface area is 120 Å². The van der Waals surface area contributed by atoms with E-state index in [0.717, 1.165) is 26.9 Å². The van der Waals surface area contributed by atoms with Crippen molar-refractivity contribution in [1.29, 1.82) is 0 Å². The number of benzene rings is 2. The van der Waals surface area contributed by atoms with Gasteiger partial charge in [-0.05, 0) is 29.8 Å². The van der Waals surface area contributed by atoms with Crippen molar-refractivity contribution in [2.24, 2.45) is 0 Å². The van der Waals surface area contributed by atoms with Crippen LogP contribution in [0.1, 0.15) is 11.1 Å². The van der Waals surface area contributed by atoms with Gasteiger partial charge in [0.2, 0.25) is 0 Å². The molecule has 0 atom stereocenters. The molecule has 3 rings (SSSR count). The second-order valence-corrected chi connectivity index (χ2v) is 5.41. The van der Waals surface area contributed by atoms with Crippen molar-refractivity contribution in [3.8, 4) is 0 Å². The minimum Gasteiger partial charge on any atom is -0.311 e. The van der Waals surface area contributed by atoms with Crippen molar-refractivity contribution >= 4 is 39.2 Å². The number of hydrogen-bond acceptors (Lipinski definition) is 1. The van der Waals surface area contributed by atoms with Gasteiger partial charge >= 0.3 is 0 Å². The predicted molar refractivity (Wildman–Crippen MR) is 81.9 cm³/mol. The molecule has 1 aliphatic rings. The zero-order valence-corrected chi connectivity index (χ0v) is 12.0. The Bertz CT molecular complexity index is 691. The summed E-state index contributed by atoms with van der Waals surface area (Å²) in [6.45, 7) is 0. The van der Waals surface area contributed by atoms with Gasteiger partial charge in [0.25, 0.3) is 5.91 Å². The van der Waals surface area contributed by atoms with E-state index in [0.29, 0.717) is 0 Å². The molecule has 0 saturated heterocycles. The standard InChI is InChI=1S/C16H12BrNO/c1-18-15-8-3-2-7-13(15)14(16(18)19)10-11-5-4-6-12(17)9-11/h2-10H,1H3/b14-10-. The van der Waals surface area contributed by atoms with Crippen molar-refractivity contribution in [2.45, 2.75) is 0 Å². The van der Waals surface area contributed by atoms with Crippen LogP contribution in [0.15, 0.2) is 53.0 Å². The molecule has 3 heteroatoms. The first-order valence-corrected chi connectivity index (χ1v) is 6.81. The molecule has 19 heavy (non-hydrogen) atoms. The lowest BCUT2D eigenvalue weighted by Crippen LogP contribution is -2.20. The number of para-hydroxylation sites is 1. The summed E-state index contributed by atoms with van der Waals surface area (Å²) >= 11 is 3.45. The fourth-order valence-electron chi connectivity index (χ4n) is 2.30. The van der Waals surface area contributed by atoms with Crippen molar-refractivity contribution in [2.75, 3.05) is 11.9 Å². The summed E-state index contributed by atoms with van der Waals surface area (Å²) in [4.78, 5) is 14.0. The number of amides is 1. The summed E-state index contributed by atoms with van der Waals surface area (Å²) in [5.74, 6) is 0.0428. The summed E-state index contributed by atoms with van der Waals surface area (Å²) in [5.41, 5.74) is 3.72.